The van der Waals surface area contributed by atoms with Gasteiger partial charge < -0.3 is 16.6 Å². The number of halogens is 6. The number of benzene rings is 1. The summed E-state index contributed by atoms with van der Waals surface area (Å²) in [6.07, 6.45) is -9.45. The Hall–Kier alpha value is -3.16. The number of carboxylic acids is 1. The van der Waals surface area contributed by atoms with Gasteiger partial charge in [0.2, 0.25) is 5.95 Å². The number of aromatic nitrogens is 3. The first-order valence-corrected chi connectivity index (χ1v) is 7.78. The van der Waals surface area contributed by atoms with E-state index in [0.29, 0.717) is 20.9 Å². The van der Waals surface area contributed by atoms with Crippen LogP contribution in [0.25, 0.3) is 20.9 Å². The minimum Gasteiger partial charge on any atom is -0.475 e. The zero-order valence-corrected chi connectivity index (χ0v) is 14.2. The van der Waals surface area contributed by atoms with E-state index in [2.05, 4.69) is 15.0 Å². The Kier molecular flexibility index (Phi) is 5.63. The van der Waals surface area contributed by atoms with Crippen LogP contribution in [0.5, 0.6) is 0 Å². The zero-order valence-electron chi connectivity index (χ0n) is 13.3. The van der Waals surface area contributed by atoms with Crippen molar-refractivity contribution in [1.82, 2.24) is 15.0 Å². The first kappa shape index (κ1) is 21.1. The molecule has 0 unspecified atom stereocenters. The molecular weight excluding hydrogens is 416 g/mol. The topological polar surface area (TPSA) is 128 Å². The molecule has 0 aliphatic rings. The van der Waals surface area contributed by atoms with E-state index in [1.807, 2.05) is 0 Å². The second-order valence-corrected chi connectivity index (χ2v) is 6.00. The summed E-state index contributed by atoms with van der Waals surface area (Å²) < 4.78 is 69.3. The van der Waals surface area contributed by atoms with Crippen molar-refractivity contribution in [2.24, 2.45) is 0 Å². The van der Waals surface area contributed by atoms with Crippen molar-refractivity contribution in [3.8, 4) is 10.6 Å². The molecule has 0 saturated carbocycles. The third-order valence-corrected chi connectivity index (χ3v) is 4.00. The molecule has 5 N–H and O–H groups in total. The van der Waals surface area contributed by atoms with Gasteiger partial charge in [-0.05, 0) is 12.1 Å². The van der Waals surface area contributed by atoms with E-state index in [4.69, 9.17) is 21.4 Å². The number of hydrogen-bond donors (Lipinski definition) is 3. The van der Waals surface area contributed by atoms with Crippen molar-refractivity contribution in [3.05, 3.63) is 29.8 Å². The van der Waals surface area contributed by atoms with Crippen molar-refractivity contribution in [2.75, 3.05) is 11.5 Å². The summed E-state index contributed by atoms with van der Waals surface area (Å²) in [4.78, 5) is 21.4. The molecule has 0 bridgehead atoms. The van der Waals surface area contributed by atoms with Crippen LogP contribution < -0.4 is 11.5 Å². The molecule has 3 aromatic rings. The fraction of sp³-hybridized carbons (Fsp3) is 0.143. The maximum atomic E-state index is 12.5. The number of anilines is 2. The molecule has 0 aliphatic heterocycles. The lowest BCUT2D eigenvalue weighted by molar-refractivity contribution is -0.192. The highest BCUT2D eigenvalue weighted by Gasteiger charge is 2.38. The Morgan fingerprint density at radius 3 is 1.96 bits per heavy atom. The van der Waals surface area contributed by atoms with Crippen molar-refractivity contribution in [3.63, 3.8) is 0 Å². The quantitative estimate of drug-likeness (QED) is 0.509. The third kappa shape index (κ3) is 4.97. The molecule has 0 spiro atoms. The van der Waals surface area contributed by atoms with E-state index in [0.717, 1.165) is 12.1 Å². The molecule has 0 radical (unpaired) electrons. The van der Waals surface area contributed by atoms with E-state index in [1.165, 1.54) is 23.5 Å². The maximum Gasteiger partial charge on any atom is 0.490 e. The van der Waals surface area contributed by atoms with Crippen LogP contribution in [0.2, 0.25) is 0 Å². The molecule has 0 atom stereocenters. The van der Waals surface area contributed by atoms with E-state index in [-0.39, 0.29) is 11.8 Å². The van der Waals surface area contributed by atoms with Crippen LogP contribution in [0.4, 0.5) is 38.1 Å². The molecule has 0 saturated heterocycles. The highest BCUT2D eigenvalue weighted by atomic mass is 32.1. The van der Waals surface area contributed by atoms with E-state index in [1.54, 1.807) is 0 Å². The fourth-order valence-electron chi connectivity index (χ4n) is 1.79. The molecular formula is C14H9F6N5O2S. The largest absolute Gasteiger partial charge is 0.490 e. The third-order valence-electron chi connectivity index (χ3n) is 3.00. The maximum absolute atomic E-state index is 12.5. The molecule has 0 amide bonds. The number of aliphatic carboxylic acids is 1. The first-order valence-electron chi connectivity index (χ1n) is 6.96. The molecule has 3 rings (SSSR count). The average Bonchev–Trinajstić information content (AvgIpc) is 2.98. The summed E-state index contributed by atoms with van der Waals surface area (Å²) in [6, 6.07) is 4.72. The van der Waals surface area contributed by atoms with Crippen LogP contribution in [0.3, 0.4) is 0 Å². The molecule has 28 heavy (non-hydrogen) atoms. The molecule has 0 fully saturated rings. The van der Waals surface area contributed by atoms with Gasteiger partial charge in [0, 0.05) is 5.56 Å². The van der Waals surface area contributed by atoms with Gasteiger partial charge in [0.25, 0.3) is 0 Å². The number of alkyl halides is 6. The van der Waals surface area contributed by atoms with Crippen molar-refractivity contribution in [2.45, 2.75) is 12.4 Å². The normalized spacial score (nSPS) is 11.8. The standard InChI is InChI=1S/C12H8F3N5S.C2HF3O2/c13-12(14,15)6-3-1-5(2-4-6)9-18-7-8(16)19-11(17)20-10(7)21-9;3-2(4,5)1(6)7/h1-4H,(H4,16,17,19,20);(H,6,7). The molecule has 0 aliphatic carbocycles. The van der Waals surface area contributed by atoms with Gasteiger partial charge in [-0.1, -0.05) is 23.5 Å². The van der Waals surface area contributed by atoms with Crippen LogP contribution in [-0.4, -0.2) is 32.2 Å². The first-order chi connectivity index (χ1) is 12.8. The number of carbonyl (C=O) groups is 1. The summed E-state index contributed by atoms with van der Waals surface area (Å²) in [6.45, 7) is 0. The minimum absolute atomic E-state index is 0.0302. The number of nitrogens with two attached hydrogens (primary N) is 2. The summed E-state index contributed by atoms with van der Waals surface area (Å²) in [7, 11) is 0. The molecule has 2 aromatic heterocycles. The van der Waals surface area contributed by atoms with E-state index >= 15 is 0 Å². The number of carboxylic acid groups (broad SMARTS) is 1. The van der Waals surface area contributed by atoms with Crippen LogP contribution in [-0.2, 0) is 11.0 Å². The van der Waals surface area contributed by atoms with Gasteiger partial charge in [0.15, 0.2) is 10.6 Å². The molecule has 14 heteroatoms. The minimum atomic E-state index is -5.08. The number of thiazole rings is 1. The van der Waals surface area contributed by atoms with Gasteiger partial charge in [-0.3, -0.25) is 0 Å². The lowest BCUT2D eigenvalue weighted by atomic mass is 10.1. The summed E-state index contributed by atoms with van der Waals surface area (Å²) >= 11 is 1.19. The monoisotopic (exact) mass is 425 g/mol. The zero-order chi connectivity index (χ0) is 21.3. The number of nitrogens with zero attached hydrogens (tertiary/aromatic N) is 3. The van der Waals surface area contributed by atoms with Gasteiger partial charge in [-0.25, -0.2) is 14.8 Å². The molecule has 1 aromatic carbocycles. The van der Waals surface area contributed by atoms with Crippen LogP contribution in [0, 0.1) is 0 Å². The smallest absolute Gasteiger partial charge is 0.475 e. The lowest BCUT2D eigenvalue weighted by Gasteiger charge is -2.06. The van der Waals surface area contributed by atoms with Crippen LogP contribution in [0.15, 0.2) is 24.3 Å². The predicted octanol–water partition coefficient (Wildman–Crippen LogP) is 3.57. The Morgan fingerprint density at radius 1 is 0.964 bits per heavy atom. The summed E-state index contributed by atoms with van der Waals surface area (Å²) in [5, 5.41) is 7.63. The van der Waals surface area contributed by atoms with Gasteiger partial charge in [-0.15, -0.1) is 0 Å². The average molecular weight is 425 g/mol. The second-order valence-electron chi connectivity index (χ2n) is 5.02. The Bertz CT molecular complexity index is 1000. The molecule has 2 heterocycles. The predicted molar refractivity (Wildman–Crippen MR) is 88.2 cm³/mol. The Morgan fingerprint density at radius 2 is 1.50 bits per heavy atom. The van der Waals surface area contributed by atoms with Crippen LogP contribution >= 0.6 is 11.3 Å². The SMILES string of the molecule is Nc1nc(N)c2nc(-c3ccc(C(F)(F)F)cc3)sc2n1.O=C(O)C(F)(F)F. The summed E-state index contributed by atoms with van der Waals surface area (Å²) in [5.74, 6) is -2.58. The highest BCUT2D eigenvalue weighted by molar-refractivity contribution is 7.21. The van der Waals surface area contributed by atoms with Gasteiger partial charge >= 0.3 is 18.3 Å². The van der Waals surface area contributed by atoms with Gasteiger partial charge in [0.1, 0.15) is 10.5 Å². The van der Waals surface area contributed by atoms with Crippen molar-refractivity contribution < 1.29 is 36.2 Å². The second kappa shape index (κ2) is 7.46. The van der Waals surface area contributed by atoms with E-state index in [9.17, 15) is 26.3 Å². The van der Waals surface area contributed by atoms with Gasteiger partial charge in [0.05, 0.1) is 5.56 Å². The Balaban J connectivity index is 0.000000345. The van der Waals surface area contributed by atoms with E-state index < -0.39 is 23.9 Å². The van der Waals surface area contributed by atoms with Crippen LogP contribution in [0.1, 0.15) is 5.56 Å². The number of fused-ring (bicyclic) bond motifs is 1. The number of hydrogen-bond acceptors (Lipinski definition) is 7. The van der Waals surface area contributed by atoms with Crippen molar-refractivity contribution >= 4 is 39.4 Å². The number of nitrogen functional groups attached to an aromatic ring is 2. The summed E-state index contributed by atoms with van der Waals surface area (Å²) in [5.41, 5.74) is 11.4. The van der Waals surface area contributed by atoms with Gasteiger partial charge in [-0.2, -0.15) is 31.3 Å². The fourth-order valence-corrected chi connectivity index (χ4v) is 2.75. The molecule has 150 valence electrons. The Labute approximate surface area is 155 Å². The van der Waals surface area contributed by atoms with Crippen molar-refractivity contribution in [1.29, 1.82) is 0 Å². The highest BCUT2D eigenvalue weighted by Crippen LogP contribution is 2.34. The molecule has 7 nitrogen and oxygen atoms in total. The number of rotatable bonds is 1. The lowest BCUT2D eigenvalue weighted by Crippen LogP contribution is -2.21.